The van der Waals surface area contributed by atoms with Gasteiger partial charge in [-0.1, -0.05) is 23.4 Å². The van der Waals surface area contributed by atoms with Gasteiger partial charge >= 0.3 is 0 Å². The van der Waals surface area contributed by atoms with Crippen molar-refractivity contribution in [2.45, 2.75) is 6.92 Å². The van der Waals surface area contributed by atoms with Crippen LogP contribution in [0.4, 0.5) is 0 Å². The standard InChI is InChI=1S/C10H9NOS/c1-7(11-12)9-6-13-10-5-3-2-4-8(9)10/h2-6,12H,1H3/b11-7-. The molecule has 0 bridgehead atoms. The Bertz CT molecular complexity index is 459. The van der Waals surface area contributed by atoms with Gasteiger partial charge in [-0.05, 0) is 13.0 Å². The zero-order valence-corrected chi connectivity index (χ0v) is 8.01. The highest BCUT2D eigenvalue weighted by molar-refractivity contribution is 7.17. The molecule has 1 heterocycles. The van der Waals surface area contributed by atoms with Crippen LogP contribution in [0.5, 0.6) is 0 Å². The lowest BCUT2D eigenvalue weighted by Gasteiger charge is -1.94. The molecule has 1 aromatic heterocycles. The van der Waals surface area contributed by atoms with E-state index in [1.54, 1.807) is 18.3 Å². The van der Waals surface area contributed by atoms with Gasteiger partial charge in [0.15, 0.2) is 0 Å². The van der Waals surface area contributed by atoms with Gasteiger partial charge in [0.1, 0.15) is 0 Å². The van der Waals surface area contributed by atoms with Crippen molar-refractivity contribution in [2.75, 3.05) is 0 Å². The van der Waals surface area contributed by atoms with Crippen LogP contribution in [0.3, 0.4) is 0 Å². The summed E-state index contributed by atoms with van der Waals surface area (Å²) in [6.07, 6.45) is 0. The van der Waals surface area contributed by atoms with E-state index in [9.17, 15) is 0 Å². The van der Waals surface area contributed by atoms with E-state index in [0.717, 1.165) is 10.9 Å². The van der Waals surface area contributed by atoms with Crippen LogP contribution in [0.1, 0.15) is 12.5 Å². The molecule has 0 atom stereocenters. The summed E-state index contributed by atoms with van der Waals surface area (Å²) in [6.45, 7) is 1.80. The lowest BCUT2D eigenvalue weighted by molar-refractivity contribution is 0.319. The Labute approximate surface area is 80.1 Å². The lowest BCUT2D eigenvalue weighted by atomic mass is 10.1. The van der Waals surface area contributed by atoms with Crippen molar-refractivity contribution >= 4 is 27.1 Å². The largest absolute Gasteiger partial charge is 0.411 e. The quantitative estimate of drug-likeness (QED) is 0.419. The number of rotatable bonds is 1. The molecule has 1 aromatic carbocycles. The van der Waals surface area contributed by atoms with Crippen LogP contribution in [0, 0.1) is 0 Å². The first-order valence-corrected chi connectivity index (χ1v) is 4.86. The molecule has 13 heavy (non-hydrogen) atoms. The summed E-state index contributed by atoms with van der Waals surface area (Å²) in [7, 11) is 0. The Morgan fingerprint density at radius 3 is 2.92 bits per heavy atom. The van der Waals surface area contributed by atoms with Crippen molar-refractivity contribution in [1.29, 1.82) is 0 Å². The molecule has 0 amide bonds. The van der Waals surface area contributed by atoms with E-state index < -0.39 is 0 Å². The highest BCUT2D eigenvalue weighted by Gasteiger charge is 2.05. The summed E-state index contributed by atoms with van der Waals surface area (Å²) < 4.78 is 1.22. The maximum atomic E-state index is 8.66. The van der Waals surface area contributed by atoms with Crippen LogP contribution in [0.2, 0.25) is 0 Å². The predicted molar refractivity (Wildman–Crippen MR) is 55.8 cm³/mol. The second kappa shape index (κ2) is 3.18. The van der Waals surface area contributed by atoms with Crippen molar-refractivity contribution in [3.63, 3.8) is 0 Å². The predicted octanol–water partition coefficient (Wildman–Crippen LogP) is 3.10. The average molecular weight is 191 g/mol. The molecule has 0 saturated carbocycles. The van der Waals surface area contributed by atoms with Crippen LogP contribution >= 0.6 is 11.3 Å². The van der Waals surface area contributed by atoms with E-state index >= 15 is 0 Å². The maximum Gasteiger partial charge on any atom is 0.0851 e. The first kappa shape index (κ1) is 8.26. The molecule has 3 heteroatoms. The van der Waals surface area contributed by atoms with Gasteiger partial charge in [-0.25, -0.2) is 0 Å². The molecule has 1 N–H and O–H groups in total. The molecule has 2 nitrogen and oxygen atoms in total. The normalized spacial score (nSPS) is 12.2. The molecule has 0 aliphatic rings. The second-order valence-corrected chi connectivity index (χ2v) is 3.74. The molecule has 66 valence electrons. The van der Waals surface area contributed by atoms with Gasteiger partial charge in [-0.15, -0.1) is 11.3 Å². The Balaban J connectivity index is 2.71. The number of oxime groups is 1. The Morgan fingerprint density at radius 1 is 1.38 bits per heavy atom. The highest BCUT2D eigenvalue weighted by Crippen LogP contribution is 2.25. The fraction of sp³-hybridized carbons (Fsp3) is 0.100. The monoisotopic (exact) mass is 191 g/mol. The molecule has 2 rings (SSSR count). The second-order valence-electron chi connectivity index (χ2n) is 2.83. The minimum atomic E-state index is 0.664. The van der Waals surface area contributed by atoms with Gasteiger partial charge < -0.3 is 5.21 Å². The number of hydrogen-bond acceptors (Lipinski definition) is 3. The third-order valence-corrected chi connectivity index (χ3v) is 2.98. The molecular weight excluding hydrogens is 182 g/mol. The van der Waals surface area contributed by atoms with Gasteiger partial charge in [0.2, 0.25) is 0 Å². The lowest BCUT2D eigenvalue weighted by Crippen LogP contribution is -1.91. The topological polar surface area (TPSA) is 32.6 Å². The molecule has 0 radical (unpaired) electrons. The minimum Gasteiger partial charge on any atom is -0.411 e. The zero-order chi connectivity index (χ0) is 9.26. The van der Waals surface area contributed by atoms with Crippen molar-refractivity contribution in [1.82, 2.24) is 0 Å². The van der Waals surface area contributed by atoms with E-state index in [2.05, 4.69) is 11.2 Å². The molecule has 2 aromatic rings. The highest BCUT2D eigenvalue weighted by atomic mass is 32.1. The minimum absolute atomic E-state index is 0.664. The summed E-state index contributed by atoms with van der Waals surface area (Å²) in [5.74, 6) is 0. The summed E-state index contributed by atoms with van der Waals surface area (Å²) >= 11 is 1.67. The number of thiophene rings is 1. The summed E-state index contributed by atoms with van der Waals surface area (Å²) in [4.78, 5) is 0. The van der Waals surface area contributed by atoms with Gasteiger partial charge in [0.25, 0.3) is 0 Å². The van der Waals surface area contributed by atoms with Crippen LogP contribution in [0.25, 0.3) is 10.1 Å². The van der Waals surface area contributed by atoms with Crippen LogP contribution in [-0.2, 0) is 0 Å². The SMILES string of the molecule is C/C(=N/O)c1csc2ccccc12. The van der Waals surface area contributed by atoms with E-state index in [4.69, 9.17) is 5.21 Å². The fourth-order valence-electron chi connectivity index (χ4n) is 1.31. The maximum absolute atomic E-state index is 8.66. The first-order chi connectivity index (χ1) is 6.33. The van der Waals surface area contributed by atoms with Crippen molar-refractivity contribution in [2.24, 2.45) is 5.16 Å². The summed E-state index contributed by atoms with van der Waals surface area (Å²) in [5.41, 5.74) is 1.68. The smallest absolute Gasteiger partial charge is 0.0851 e. The van der Waals surface area contributed by atoms with Crippen molar-refractivity contribution in [3.05, 3.63) is 35.2 Å². The number of benzene rings is 1. The molecule has 0 unspecified atom stereocenters. The van der Waals surface area contributed by atoms with Gasteiger partial charge in [-0.3, -0.25) is 0 Å². The molecule has 0 saturated heterocycles. The Morgan fingerprint density at radius 2 is 2.15 bits per heavy atom. The number of hydrogen-bond donors (Lipinski definition) is 1. The number of nitrogens with zero attached hydrogens (tertiary/aromatic N) is 1. The van der Waals surface area contributed by atoms with Crippen molar-refractivity contribution in [3.8, 4) is 0 Å². The van der Waals surface area contributed by atoms with E-state index in [1.807, 2.05) is 23.6 Å². The fourth-order valence-corrected chi connectivity index (χ4v) is 2.32. The Hall–Kier alpha value is -1.35. The van der Waals surface area contributed by atoms with E-state index in [1.165, 1.54) is 4.70 Å². The van der Waals surface area contributed by atoms with Crippen LogP contribution < -0.4 is 0 Å². The summed E-state index contributed by atoms with van der Waals surface area (Å²) in [5, 5.41) is 15.0. The van der Waals surface area contributed by atoms with Crippen LogP contribution in [0.15, 0.2) is 34.8 Å². The number of fused-ring (bicyclic) bond motifs is 1. The third-order valence-electron chi connectivity index (χ3n) is 2.02. The summed E-state index contributed by atoms with van der Waals surface area (Å²) in [6, 6.07) is 8.10. The molecule has 0 aliphatic carbocycles. The van der Waals surface area contributed by atoms with E-state index in [0.29, 0.717) is 5.71 Å². The van der Waals surface area contributed by atoms with Gasteiger partial charge in [0.05, 0.1) is 5.71 Å². The van der Waals surface area contributed by atoms with Crippen LogP contribution in [-0.4, -0.2) is 10.9 Å². The Kier molecular flexibility index (Phi) is 2.02. The molecule has 0 aliphatic heterocycles. The molecular formula is C10H9NOS. The third kappa shape index (κ3) is 1.31. The van der Waals surface area contributed by atoms with Crippen molar-refractivity contribution < 1.29 is 5.21 Å². The van der Waals surface area contributed by atoms with Gasteiger partial charge in [-0.2, -0.15) is 0 Å². The van der Waals surface area contributed by atoms with Gasteiger partial charge in [0, 0.05) is 21.0 Å². The average Bonchev–Trinajstić information content (AvgIpc) is 2.60. The van der Waals surface area contributed by atoms with E-state index in [-0.39, 0.29) is 0 Å². The first-order valence-electron chi connectivity index (χ1n) is 3.98. The molecule has 0 spiro atoms. The molecule has 0 fully saturated rings. The zero-order valence-electron chi connectivity index (χ0n) is 7.19.